The molecule has 0 aliphatic carbocycles. The zero-order valence-electron chi connectivity index (χ0n) is 21.0. The Bertz CT molecular complexity index is 1350. The maximum absolute atomic E-state index is 12.2. The summed E-state index contributed by atoms with van der Waals surface area (Å²) in [6, 6.07) is 8.24. The van der Waals surface area contributed by atoms with Crippen LogP contribution in [0.1, 0.15) is 0 Å². The fourth-order valence-electron chi connectivity index (χ4n) is 4.84. The van der Waals surface area contributed by atoms with Crippen molar-refractivity contribution < 1.29 is 59.1 Å². The van der Waals surface area contributed by atoms with E-state index in [0.717, 1.165) is 6.07 Å². The quantitative estimate of drug-likeness (QED) is 0.212. The van der Waals surface area contributed by atoms with Gasteiger partial charge < -0.3 is 54.3 Å². The van der Waals surface area contributed by atoms with Crippen molar-refractivity contribution >= 4 is 5.97 Å². The van der Waals surface area contributed by atoms with Crippen molar-refractivity contribution in [2.45, 2.75) is 37.0 Å². The van der Waals surface area contributed by atoms with Gasteiger partial charge in [-0.2, -0.15) is 0 Å². The van der Waals surface area contributed by atoms with E-state index in [9.17, 15) is 35.4 Å². The summed E-state index contributed by atoms with van der Waals surface area (Å²) in [6.45, 7) is 3.18. The van der Waals surface area contributed by atoms with E-state index in [1.807, 2.05) is 0 Å². The van der Waals surface area contributed by atoms with Crippen LogP contribution in [0.15, 0.2) is 72.5 Å². The lowest BCUT2D eigenvalue weighted by atomic mass is 9.89. The molecule has 2 aromatic rings. The molecule has 0 radical (unpaired) electrons. The van der Waals surface area contributed by atoms with Crippen LogP contribution in [-0.2, 0) is 23.7 Å². The number of rotatable bonds is 7. The predicted octanol–water partition coefficient (Wildman–Crippen LogP) is 1.20. The van der Waals surface area contributed by atoms with Gasteiger partial charge in [-0.25, -0.2) is 4.79 Å². The second kappa shape index (κ2) is 11.2. The molecule has 1 fully saturated rings. The SMILES string of the molecule is C=C[C@@H]1C2=CCOC(=O)C2=CO[C@H]1O[C@@H]1O[C@H](CO)[C@@H](O)[C@H](O)[C@H]1Oc1c(O)cc(O)cc1-c1cccc(O)c1. The van der Waals surface area contributed by atoms with Crippen molar-refractivity contribution in [3.8, 4) is 34.1 Å². The van der Waals surface area contributed by atoms with Crippen LogP contribution in [-0.4, -0.2) is 86.8 Å². The Morgan fingerprint density at radius 2 is 1.85 bits per heavy atom. The van der Waals surface area contributed by atoms with Gasteiger partial charge in [0.2, 0.25) is 12.6 Å². The van der Waals surface area contributed by atoms with E-state index in [4.69, 9.17) is 23.7 Å². The van der Waals surface area contributed by atoms with E-state index in [-0.39, 0.29) is 35.0 Å². The molecule has 0 aromatic heterocycles. The number of esters is 1. The van der Waals surface area contributed by atoms with Crippen molar-refractivity contribution in [2.24, 2.45) is 5.92 Å². The molecule has 0 saturated carbocycles. The summed E-state index contributed by atoms with van der Waals surface area (Å²) in [7, 11) is 0. The van der Waals surface area contributed by atoms with Gasteiger partial charge in [0, 0.05) is 11.6 Å². The Morgan fingerprint density at radius 3 is 2.58 bits per heavy atom. The average molecular weight is 557 g/mol. The topological polar surface area (TPSA) is 185 Å². The first-order valence-corrected chi connectivity index (χ1v) is 12.4. The molecule has 3 heterocycles. The smallest absolute Gasteiger partial charge is 0.341 e. The van der Waals surface area contributed by atoms with Crippen molar-refractivity contribution in [1.82, 2.24) is 0 Å². The zero-order chi connectivity index (χ0) is 28.6. The molecule has 212 valence electrons. The molecular weight excluding hydrogens is 528 g/mol. The number of hydrogen-bond acceptors (Lipinski definition) is 12. The number of benzene rings is 2. The Kier molecular flexibility index (Phi) is 7.70. The van der Waals surface area contributed by atoms with E-state index in [0.29, 0.717) is 11.1 Å². The molecule has 2 aromatic carbocycles. The summed E-state index contributed by atoms with van der Waals surface area (Å²) in [5.41, 5.74) is 1.25. The number of carbonyl (C=O) groups is 1. The largest absolute Gasteiger partial charge is 0.508 e. The van der Waals surface area contributed by atoms with Gasteiger partial charge in [0.25, 0.3) is 0 Å². The minimum absolute atomic E-state index is 0.0453. The highest BCUT2D eigenvalue weighted by Crippen LogP contribution is 2.44. The summed E-state index contributed by atoms with van der Waals surface area (Å²) < 4.78 is 28.5. The molecule has 40 heavy (non-hydrogen) atoms. The Labute approximate surface area is 228 Å². The lowest BCUT2D eigenvalue weighted by Gasteiger charge is -2.44. The molecule has 3 aliphatic heterocycles. The van der Waals surface area contributed by atoms with E-state index < -0.39 is 61.2 Å². The normalized spacial score (nSPS) is 29.8. The summed E-state index contributed by atoms with van der Waals surface area (Å²) >= 11 is 0. The number of aliphatic hydroxyl groups is 3. The van der Waals surface area contributed by atoms with Gasteiger partial charge in [-0.05, 0) is 35.4 Å². The van der Waals surface area contributed by atoms with Crippen LogP contribution in [0.5, 0.6) is 23.0 Å². The first-order chi connectivity index (χ1) is 19.2. The summed E-state index contributed by atoms with van der Waals surface area (Å²) in [5, 5.41) is 62.2. The van der Waals surface area contributed by atoms with Crippen LogP contribution in [0.3, 0.4) is 0 Å². The molecule has 12 nitrogen and oxygen atoms in total. The monoisotopic (exact) mass is 556 g/mol. The molecule has 3 aliphatic rings. The number of ether oxygens (including phenoxy) is 5. The van der Waals surface area contributed by atoms with Gasteiger partial charge >= 0.3 is 5.97 Å². The number of phenolic OH excluding ortho intramolecular Hbond substituents is 3. The predicted molar refractivity (Wildman–Crippen MR) is 136 cm³/mol. The fourth-order valence-corrected chi connectivity index (χ4v) is 4.84. The first-order valence-electron chi connectivity index (χ1n) is 12.4. The van der Waals surface area contributed by atoms with Crippen LogP contribution in [0.25, 0.3) is 11.1 Å². The Hall–Kier alpha value is -4.07. The maximum Gasteiger partial charge on any atom is 0.341 e. The second-order valence-corrected chi connectivity index (χ2v) is 9.37. The van der Waals surface area contributed by atoms with E-state index in [1.54, 1.807) is 18.2 Å². The zero-order valence-corrected chi connectivity index (χ0v) is 21.0. The van der Waals surface area contributed by atoms with Crippen molar-refractivity contribution in [1.29, 1.82) is 0 Å². The molecule has 12 heteroatoms. The highest BCUT2D eigenvalue weighted by molar-refractivity contribution is 5.94. The summed E-state index contributed by atoms with van der Waals surface area (Å²) in [6.07, 6.45) is -4.33. The van der Waals surface area contributed by atoms with E-state index >= 15 is 0 Å². The second-order valence-electron chi connectivity index (χ2n) is 9.37. The van der Waals surface area contributed by atoms with Crippen molar-refractivity contribution in [3.63, 3.8) is 0 Å². The molecular formula is C28H28O12. The van der Waals surface area contributed by atoms with Crippen LogP contribution >= 0.6 is 0 Å². The molecule has 5 rings (SSSR count). The van der Waals surface area contributed by atoms with Gasteiger partial charge in [-0.1, -0.05) is 18.2 Å². The first kappa shape index (κ1) is 27.5. The molecule has 0 bridgehead atoms. The molecule has 0 unspecified atom stereocenters. The molecule has 0 spiro atoms. The van der Waals surface area contributed by atoms with Gasteiger partial charge in [0.1, 0.15) is 42.7 Å². The number of aromatic hydroxyl groups is 3. The number of hydrogen-bond donors (Lipinski definition) is 6. The lowest BCUT2D eigenvalue weighted by Crippen LogP contribution is -2.62. The van der Waals surface area contributed by atoms with Gasteiger partial charge in [-0.15, -0.1) is 6.58 Å². The Balaban J connectivity index is 1.50. The molecule has 0 amide bonds. The summed E-state index contributed by atoms with van der Waals surface area (Å²) in [5.74, 6) is -2.36. The standard InChI is InChI=1S/C28H28O12/c1-2-16-17-6-7-36-26(35)19(17)12-37-27(16)40-28-25(23(34)22(33)21(11-29)38-28)39-24-18(9-15(31)10-20(24)32)13-4-3-5-14(30)8-13/h2-6,8-10,12,16,21-23,25,27-34H,1,7,11H2/t16-,21-,22-,23+,25-,27+,28+/m1/s1. The average Bonchev–Trinajstić information content (AvgIpc) is 2.93. The van der Waals surface area contributed by atoms with Gasteiger partial charge in [-0.3, -0.25) is 0 Å². The number of carbonyl (C=O) groups excluding carboxylic acids is 1. The minimum atomic E-state index is -1.69. The molecule has 7 atom stereocenters. The minimum Gasteiger partial charge on any atom is -0.508 e. The van der Waals surface area contributed by atoms with Crippen LogP contribution in [0.4, 0.5) is 0 Å². The van der Waals surface area contributed by atoms with Gasteiger partial charge in [0.15, 0.2) is 17.6 Å². The third kappa shape index (κ3) is 5.10. The van der Waals surface area contributed by atoms with Crippen molar-refractivity contribution in [3.05, 3.63) is 72.5 Å². The number of aliphatic hydroxyl groups excluding tert-OH is 3. The van der Waals surface area contributed by atoms with E-state index in [2.05, 4.69) is 6.58 Å². The number of phenols is 3. The third-order valence-electron chi connectivity index (χ3n) is 6.83. The number of cyclic esters (lactones) is 1. The third-order valence-corrected chi connectivity index (χ3v) is 6.83. The van der Waals surface area contributed by atoms with Crippen molar-refractivity contribution in [2.75, 3.05) is 13.2 Å². The highest BCUT2D eigenvalue weighted by atomic mass is 16.8. The molecule has 1 saturated heterocycles. The fraction of sp³-hybridized carbons (Fsp3) is 0.321. The number of fused-ring (bicyclic) bond motifs is 1. The maximum atomic E-state index is 12.2. The summed E-state index contributed by atoms with van der Waals surface area (Å²) in [4.78, 5) is 12.2. The van der Waals surface area contributed by atoms with Crippen LogP contribution in [0.2, 0.25) is 0 Å². The van der Waals surface area contributed by atoms with E-state index in [1.165, 1.54) is 30.5 Å². The Morgan fingerprint density at radius 1 is 1.05 bits per heavy atom. The van der Waals surface area contributed by atoms with Crippen LogP contribution in [0, 0.1) is 5.92 Å². The highest BCUT2D eigenvalue weighted by Gasteiger charge is 2.49. The van der Waals surface area contributed by atoms with Gasteiger partial charge in [0.05, 0.1) is 18.1 Å². The molecule has 6 N–H and O–H groups in total. The van der Waals surface area contributed by atoms with Crippen LogP contribution < -0.4 is 4.74 Å². The lowest BCUT2D eigenvalue weighted by molar-refractivity contribution is -0.331.